The topological polar surface area (TPSA) is 55.5 Å². The van der Waals surface area contributed by atoms with Crippen molar-refractivity contribution in [1.29, 1.82) is 0 Å². The van der Waals surface area contributed by atoms with Crippen molar-refractivity contribution in [2.24, 2.45) is 5.73 Å². The minimum absolute atomic E-state index is 0.0673. The van der Waals surface area contributed by atoms with Gasteiger partial charge in [-0.15, -0.1) is 0 Å². The fourth-order valence-corrected chi connectivity index (χ4v) is 1.70. The summed E-state index contributed by atoms with van der Waals surface area (Å²) < 4.78 is 5.29. The Kier molecular flexibility index (Phi) is 2.06. The molecule has 0 spiro atoms. The van der Waals surface area contributed by atoms with Crippen LogP contribution < -0.4 is 10.5 Å². The molecule has 1 unspecified atom stereocenters. The van der Waals surface area contributed by atoms with Crippen molar-refractivity contribution < 1.29 is 9.84 Å². The Bertz CT molecular complexity index is 341. The van der Waals surface area contributed by atoms with Crippen molar-refractivity contribution in [2.75, 3.05) is 6.61 Å². The van der Waals surface area contributed by atoms with E-state index < -0.39 is 0 Å². The van der Waals surface area contributed by atoms with Gasteiger partial charge in [0.05, 0.1) is 6.61 Å². The highest BCUT2D eigenvalue weighted by Gasteiger charge is 2.21. The molecule has 1 aliphatic rings. The van der Waals surface area contributed by atoms with Gasteiger partial charge < -0.3 is 15.6 Å². The van der Waals surface area contributed by atoms with Crippen molar-refractivity contribution >= 4 is 11.6 Å². The number of aromatic hydroxyl groups is 1. The number of hydrogen-bond acceptors (Lipinski definition) is 3. The highest BCUT2D eigenvalue weighted by atomic mass is 35.5. The molecule has 2 rings (SSSR count). The van der Waals surface area contributed by atoms with Gasteiger partial charge in [-0.25, -0.2) is 0 Å². The number of benzene rings is 1. The molecular weight excluding hydrogens is 190 g/mol. The molecule has 0 aromatic heterocycles. The largest absolute Gasteiger partial charge is 0.504 e. The van der Waals surface area contributed by atoms with Crippen LogP contribution in [0.4, 0.5) is 0 Å². The summed E-state index contributed by atoms with van der Waals surface area (Å²) in [5.74, 6) is 0.542. The van der Waals surface area contributed by atoms with Crippen molar-refractivity contribution in [3.05, 3.63) is 22.7 Å². The van der Waals surface area contributed by atoms with E-state index >= 15 is 0 Å². The van der Waals surface area contributed by atoms with Crippen LogP contribution in [-0.2, 0) is 0 Å². The number of fused-ring (bicyclic) bond motifs is 1. The maximum absolute atomic E-state index is 9.49. The highest BCUT2D eigenvalue weighted by Crippen LogP contribution is 2.39. The third kappa shape index (κ3) is 1.45. The fourth-order valence-electron chi connectivity index (χ4n) is 1.48. The number of halogens is 1. The smallest absolute Gasteiger partial charge is 0.165 e. The van der Waals surface area contributed by atoms with Gasteiger partial charge in [-0.1, -0.05) is 11.6 Å². The minimum atomic E-state index is -0.0895. The Morgan fingerprint density at radius 2 is 2.31 bits per heavy atom. The van der Waals surface area contributed by atoms with E-state index in [0.717, 1.165) is 12.0 Å². The van der Waals surface area contributed by atoms with E-state index in [-0.39, 0.29) is 11.8 Å². The summed E-state index contributed by atoms with van der Waals surface area (Å²) in [6, 6.07) is 3.10. The molecule has 1 aliphatic heterocycles. The molecule has 13 heavy (non-hydrogen) atoms. The van der Waals surface area contributed by atoms with Crippen molar-refractivity contribution in [1.82, 2.24) is 0 Å². The maximum Gasteiger partial charge on any atom is 0.165 e. The number of phenols is 1. The molecule has 0 saturated carbocycles. The summed E-state index contributed by atoms with van der Waals surface area (Å²) in [5, 5.41) is 9.97. The number of rotatable bonds is 0. The molecule has 0 saturated heterocycles. The van der Waals surface area contributed by atoms with Gasteiger partial charge in [0.1, 0.15) is 0 Å². The average molecular weight is 200 g/mol. The maximum atomic E-state index is 9.49. The average Bonchev–Trinajstić information content (AvgIpc) is 2.07. The van der Waals surface area contributed by atoms with Crippen LogP contribution in [0.15, 0.2) is 12.1 Å². The molecule has 1 aromatic rings. The number of nitrogens with two attached hydrogens (primary N) is 1. The zero-order valence-corrected chi connectivity index (χ0v) is 7.71. The van der Waals surface area contributed by atoms with Crippen molar-refractivity contribution in [3.63, 3.8) is 0 Å². The fraction of sp³-hybridized carbons (Fsp3) is 0.333. The van der Waals surface area contributed by atoms with E-state index in [4.69, 9.17) is 22.1 Å². The predicted octanol–water partition coefficient (Wildman–Crippen LogP) is 1.83. The molecular formula is C9H10ClNO2. The van der Waals surface area contributed by atoms with E-state index in [1.165, 1.54) is 6.07 Å². The van der Waals surface area contributed by atoms with Gasteiger partial charge in [0.15, 0.2) is 11.5 Å². The number of ether oxygens (including phenoxy) is 1. The van der Waals surface area contributed by atoms with Gasteiger partial charge in [-0.05, 0) is 6.07 Å². The number of phenolic OH excluding ortho intramolecular Hbond substituents is 1. The summed E-state index contributed by atoms with van der Waals surface area (Å²) in [7, 11) is 0. The van der Waals surface area contributed by atoms with Crippen LogP contribution in [0.25, 0.3) is 0 Å². The second kappa shape index (κ2) is 3.09. The highest BCUT2D eigenvalue weighted by molar-refractivity contribution is 6.30. The van der Waals surface area contributed by atoms with Gasteiger partial charge in [0.2, 0.25) is 0 Å². The molecule has 0 bridgehead atoms. The summed E-state index contributed by atoms with van der Waals surface area (Å²) in [6.45, 7) is 0.545. The van der Waals surface area contributed by atoms with E-state index in [1.54, 1.807) is 6.07 Å². The molecule has 3 nitrogen and oxygen atoms in total. The SMILES string of the molecule is NC1CCOc2c(O)cc(Cl)cc21. The Morgan fingerprint density at radius 3 is 3.08 bits per heavy atom. The van der Waals surface area contributed by atoms with Gasteiger partial charge in [-0.3, -0.25) is 0 Å². The summed E-state index contributed by atoms with van der Waals surface area (Å²) in [6.07, 6.45) is 0.757. The summed E-state index contributed by atoms with van der Waals surface area (Å²) in [4.78, 5) is 0. The standard InChI is InChI=1S/C9H10ClNO2/c10-5-3-6-7(11)1-2-13-9(6)8(12)4-5/h3-4,7,12H,1-2,11H2. The lowest BCUT2D eigenvalue weighted by Gasteiger charge is -2.23. The first-order valence-corrected chi connectivity index (χ1v) is 4.47. The third-order valence-electron chi connectivity index (χ3n) is 2.14. The second-order valence-electron chi connectivity index (χ2n) is 3.09. The Balaban J connectivity index is 2.56. The lowest BCUT2D eigenvalue weighted by atomic mass is 10.0. The Morgan fingerprint density at radius 1 is 1.54 bits per heavy atom. The third-order valence-corrected chi connectivity index (χ3v) is 2.36. The predicted molar refractivity (Wildman–Crippen MR) is 50.2 cm³/mol. The lowest BCUT2D eigenvalue weighted by molar-refractivity contribution is 0.255. The van der Waals surface area contributed by atoms with E-state index in [0.29, 0.717) is 17.4 Å². The van der Waals surface area contributed by atoms with Gasteiger partial charge in [0, 0.05) is 29.1 Å². The first-order chi connectivity index (χ1) is 6.18. The molecule has 0 radical (unpaired) electrons. The van der Waals surface area contributed by atoms with Crippen LogP contribution in [0, 0.1) is 0 Å². The van der Waals surface area contributed by atoms with Gasteiger partial charge in [-0.2, -0.15) is 0 Å². The molecule has 0 fully saturated rings. The van der Waals surface area contributed by atoms with E-state index in [9.17, 15) is 5.11 Å². The van der Waals surface area contributed by atoms with Gasteiger partial charge in [0.25, 0.3) is 0 Å². The van der Waals surface area contributed by atoms with Crippen molar-refractivity contribution in [3.8, 4) is 11.5 Å². The Hall–Kier alpha value is -0.930. The molecule has 0 amide bonds. The number of hydrogen-bond donors (Lipinski definition) is 2. The van der Waals surface area contributed by atoms with Crippen LogP contribution in [-0.4, -0.2) is 11.7 Å². The quantitative estimate of drug-likeness (QED) is 0.670. The van der Waals surface area contributed by atoms with E-state index in [1.807, 2.05) is 0 Å². The molecule has 3 N–H and O–H groups in total. The second-order valence-corrected chi connectivity index (χ2v) is 3.52. The molecule has 70 valence electrons. The zero-order chi connectivity index (χ0) is 9.42. The zero-order valence-electron chi connectivity index (χ0n) is 6.96. The molecule has 1 atom stereocenters. The summed E-state index contributed by atoms with van der Waals surface area (Å²) >= 11 is 5.78. The van der Waals surface area contributed by atoms with Crippen LogP contribution in [0.2, 0.25) is 5.02 Å². The molecule has 0 aliphatic carbocycles. The molecule has 4 heteroatoms. The first kappa shape index (κ1) is 8.66. The van der Waals surface area contributed by atoms with Crippen LogP contribution in [0.1, 0.15) is 18.0 Å². The normalized spacial score (nSPS) is 20.6. The molecule has 1 heterocycles. The van der Waals surface area contributed by atoms with Crippen LogP contribution in [0.3, 0.4) is 0 Å². The summed E-state index contributed by atoms with van der Waals surface area (Å²) in [5.41, 5.74) is 6.62. The first-order valence-electron chi connectivity index (χ1n) is 4.09. The Labute approximate surface area is 81.1 Å². The van der Waals surface area contributed by atoms with Crippen molar-refractivity contribution in [2.45, 2.75) is 12.5 Å². The monoisotopic (exact) mass is 199 g/mol. The minimum Gasteiger partial charge on any atom is -0.504 e. The van der Waals surface area contributed by atoms with E-state index in [2.05, 4.69) is 0 Å². The lowest BCUT2D eigenvalue weighted by Crippen LogP contribution is -2.20. The van der Waals surface area contributed by atoms with Crippen LogP contribution >= 0.6 is 11.6 Å². The van der Waals surface area contributed by atoms with Gasteiger partial charge >= 0.3 is 0 Å². The molecule has 1 aromatic carbocycles. The van der Waals surface area contributed by atoms with Crippen LogP contribution in [0.5, 0.6) is 11.5 Å².